The number of rotatable bonds is 7. The lowest BCUT2D eigenvalue weighted by Crippen LogP contribution is -2.45. The van der Waals surface area contributed by atoms with Gasteiger partial charge in [0, 0.05) is 50.1 Å². The molecule has 30 heavy (non-hydrogen) atoms. The van der Waals surface area contributed by atoms with Gasteiger partial charge in [-0.15, -0.1) is 24.0 Å². The third-order valence-electron chi connectivity index (χ3n) is 5.23. The Hall–Kier alpha value is -1.48. The predicted octanol–water partition coefficient (Wildman–Crippen LogP) is 4.11. The summed E-state index contributed by atoms with van der Waals surface area (Å²) in [7, 11) is 1.80. The van der Waals surface area contributed by atoms with Gasteiger partial charge in [0.25, 0.3) is 0 Å². The molecule has 3 rings (SSSR count). The number of nitrogens with one attached hydrogen (secondary N) is 2. The summed E-state index contributed by atoms with van der Waals surface area (Å²) in [5, 5.41) is 9.50. The minimum atomic E-state index is 0. The van der Waals surface area contributed by atoms with Crippen LogP contribution in [-0.4, -0.2) is 55.2 Å². The molecule has 1 atom stereocenters. The van der Waals surface area contributed by atoms with Crippen LogP contribution in [0.15, 0.2) is 47.5 Å². The number of likely N-dealkylation sites (tertiary alicyclic amines) is 1. The van der Waals surface area contributed by atoms with Crippen LogP contribution in [0.5, 0.6) is 0 Å². The number of hydrogen-bond donors (Lipinski definition) is 2. The predicted molar refractivity (Wildman–Crippen MR) is 140 cm³/mol. The van der Waals surface area contributed by atoms with Gasteiger partial charge in [-0.05, 0) is 22.8 Å². The molecular weight excluding hydrogens is 507 g/mol. The summed E-state index contributed by atoms with van der Waals surface area (Å²) in [6.07, 6.45) is 0.967. The van der Waals surface area contributed by atoms with E-state index in [9.17, 15) is 4.79 Å². The molecule has 1 aliphatic rings. The highest BCUT2D eigenvalue weighted by atomic mass is 127. The van der Waals surface area contributed by atoms with E-state index in [1.807, 2.05) is 30.5 Å². The van der Waals surface area contributed by atoms with Crippen molar-refractivity contribution in [3.63, 3.8) is 0 Å². The summed E-state index contributed by atoms with van der Waals surface area (Å²) in [6, 6.07) is 15.3. The van der Waals surface area contributed by atoms with E-state index in [2.05, 4.69) is 58.1 Å². The molecule has 164 valence electrons. The highest BCUT2D eigenvalue weighted by Gasteiger charge is 2.27. The molecule has 1 amide bonds. The van der Waals surface area contributed by atoms with E-state index in [-0.39, 0.29) is 41.8 Å². The topological polar surface area (TPSA) is 56.7 Å². The average Bonchev–Trinajstić information content (AvgIpc) is 3.20. The first kappa shape index (κ1) is 24.8. The second kappa shape index (κ2) is 12.4. The molecule has 5 nitrogen and oxygen atoms in total. The molecule has 7 heteroatoms. The maximum absolute atomic E-state index is 12.1. The molecule has 2 N–H and O–H groups in total. The maximum Gasteiger partial charge on any atom is 0.225 e. The van der Waals surface area contributed by atoms with E-state index in [1.54, 1.807) is 7.05 Å². The zero-order chi connectivity index (χ0) is 20.6. The number of guanidine groups is 1. The number of carbonyl (C=O) groups is 1. The van der Waals surface area contributed by atoms with Crippen LogP contribution in [0.4, 0.5) is 0 Å². The first-order valence-electron chi connectivity index (χ1n) is 10.4. The number of nitrogens with zero attached hydrogens (tertiary/aromatic N) is 2. The van der Waals surface area contributed by atoms with Crippen molar-refractivity contribution >= 4 is 58.4 Å². The Morgan fingerprint density at radius 3 is 2.77 bits per heavy atom. The summed E-state index contributed by atoms with van der Waals surface area (Å²) >= 11 is 1.93. The monoisotopic (exact) mass is 540 g/mol. The lowest BCUT2D eigenvalue weighted by Gasteiger charge is -2.20. The van der Waals surface area contributed by atoms with Gasteiger partial charge in [0.05, 0.1) is 0 Å². The van der Waals surface area contributed by atoms with E-state index in [0.29, 0.717) is 0 Å². The summed E-state index contributed by atoms with van der Waals surface area (Å²) in [5.41, 5.74) is 1.39. The third-order valence-corrected chi connectivity index (χ3v) is 6.24. The quantitative estimate of drug-likeness (QED) is 0.240. The molecular formula is C23H33IN4OS. The zero-order valence-corrected chi connectivity index (χ0v) is 21.2. The van der Waals surface area contributed by atoms with Crippen LogP contribution in [0.1, 0.15) is 25.8 Å². The Kier molecular flexibility index (Phi) is 10.2. The fourth-order valence-corrected chi connectivity index (χ4v) is 4.54. The first-order valence-corrected chi connectivity index (χ1v) is 11.5. The second-order valence-electron chi connectivity index (χ2n) is 7.76. The van der Waals surface area contributed by atoms with Gasteiger partial charge in [-0.2, -0.15) is 11.8 Å². The number of fused-ring (bicyclic) bond motifs is 1. The van der Waals surface area contributed by atoms with Crippen LogP contribution >= 0.6 is 35.7 Å². The van der Waals surface area contributed by atoms with E-state index >= 15 is 0 Å². The van der Waals surface area contributed by atoms with Crippen LogP contribution in [0.25, 0.3) is 10.8 Å². The number of amides is 1. The Morgan fingerprint density at radius 2 is 2.00 bits per heavy atom. The van der Waals surface area contributed by atoms with E-state index in [4.69, 9.17) is 0 Å². The molecule has 0 radical (unpaired) electrons. The van der Waals surface area contributed by atoms with Gasteiger partial charge in [0.15, 0.2) is 5.96 Å². The summed E-state index contributed by atoms with van der Waals surface area (Å²) in [6.45, 7) is 6.36. The van der Waals surface area contributed by atoms with Gasteiger partial charge in [-0.3, -0.25) is 9.79 Å². The van der Waals surface area contributed by atoms with Crippen LogP contribution in [-0.2, 0) is 10.5 Å². The minimum absolute atomic E-state index is 0. The minimum Gasteiger partial charge on any atom is -0.356 e. The summed E-state index contributed by atoms with van der Waals surface area (Å²) in [4.78, 5) is 18.4. The lowest BCUT2D eigenvalue weighted by atomic mass is 10.1. The van der Waals surface area contributed by atoms with Crippen molar-refractivity contribution in [3.8, 4) is 0 Å². The number of thioether (sulfide) groups is 1. The van der Waals surface area contributed by atoms with Crippen LogP contribution in [0.2, 0.25) is 0 Å². The molecule has 1 saturated heterocycles. The standard InChI is InChI=1S/C23H32N4OS.HI/c1-17(2)22(28)27-13-11-20(15-27)26-23(24-3)25-12-14-29-16-19-9-6-8-18-7-4-5-10-21(18)19;/h4-10,17,20H,11-16H2,1-3H3,(H2,24,25,26);1H. The molecule has 1 aliphatic heterocycles. The lowest BCUT2D eigenvalue weighted by molar-refractivity contribution is -0.133. The Bertz CT molecular complexity index is 853. The van der Waals surface area contributed by atoms with E-state index < -0.39 is 0 Å². The SMILES string of the molecule is CN=C(NCCSCc1cccc2ccccc12)NC1CCN(C(=O)C(C)C)C1.I. The molecule has 0 spiro atoms. The van der Waals surface area contributed by atoms with Crippen LogP contribution in [0.3, 0.4) is 0 Å². The molecule has 1 heterocycles. The zero-order valence-electron chi connectivity index (χ0n) is 18.1. The van der Waals surface area contributed by atoms with Gasteiger partial charge >= 0.3 is 0 Å². The Morgan fingerprint density at radius 1 is 1.23 bits per heavy atom. The number of benzene rings is 2. The number of carbonyl (C=O) groups excluding carboxylic acids is 1. The van der Waals surface area contributed by atoms with Gasteiger partial charge in [-0.1, -0.05) is 56.3 Å². The van der Waals surface area contributed by atoms with Gasteiger partial charge < -0.3 is 15.5 Å². The van der Waals surface area contributed by atoms with Crippen LogP contribution < -0.4 is 10.6 Å². The van der Waals surface area contributed by atoms with Crippen molar-refractivity contribution in [1.82, 2.24) is 15.5 Å². The van der Waals surface area contributed by atoms with Crippen molar-refractivity contribution in [1.29, 1.82) is 0 Å². The highest BCUT2D eigenvalue weighted by Crippen LogP contribution is 2.22. The highest BCUT2D eigenvalue weighted by molar-refractivity contribution is 14.0. The smallest absolute Gasteiger partial charge is 0.225 e. The van der Waals surface area contributed by atoms with Crippen molar-refractivity contribution < 1.29 is 4.79 Å². The first-order chi connectivity index (χ1) is 14.1. The van der Waals surface area contributed by atoms with Gasteiger partial charge in [0.2, 0.25) is 5.91 Å². The summed E-state index contributed by atoms with van der Waals surface area (Å²) in [5.74, 6) is 3.13. The van der Waals surface area contributed by atoms with Crippen molar-refractivity contribution in [3.05, 3.63) is 48.0 Å². The average molecular weight is 541 g/mol. The normalized spacial score (nSPS) is 16.6. The number of aliphatic imine (C=N–C) groups is 1. The molecule has 2 aromatic rings. The van der Waals surface area contributed by atoms with Crippen LogP contribution in [0, 0.1) is 5.92 Å². The molecule has 0 bridgehead atoms. The molecule has 0 aliphatic carbocycles. The van der Waals surface area contributed by atoms with Gasteiger partial charge in [0.1, 0.15) is 0 Å². The molecule has 0 aromatic heterocycles. The van der Waals surface area contributed by atoms with Crippen molar-refractivity contribution in [2.24, 2.45) is 10.9 Å². The number of halogens is 1. The third kappa shape index (κ3) is 6.77. The largest absolute Gasteiger partial charge is 0.356 e. The van der Waals surface area contributed by atoms with Crippen molar-refractivity contribution in [2.75, 3.05) is 32.4 Å². The molecule has 2 aromatic carbocycles. The molecule has 0 saturated carbocycles. The van der Waals surface area contributed by atoms with Crippen molar-refractivity contribution in [2.45, 2.75) is 32.1 Å². The number of hydrogen-bond acceptors (Lipinski definition) is 3. The molecule has 1 fully saturated rings. The molecule has 1 unspecified atom stereocenters. The fourth-order valence-electron chi connectivity index (χ4n) is 3.67. The Balaban J connectivity index is 0.00000320. The van der Waals surface area contributed by atoms with E-state index in [1.165, 1.54) is 16.3 Å². The summed E-state index contributed by atoms with van der Waals surface area (Å²) < 4.78 is 0. The Labute approximate surface area is 201 Å². The maximum atomic E-state index is 12.1. The van der Waals surface area contributed by atoms with Gasteiger partial charge in [-0.25, -0.2) is 0 Å². The van der Waals surface area contributed by atoms with E-state index in [0.717, 1.165) is 43.5 Å². The fraction of sp³-hybridized carbons (Fsp3) is 0.478. The second-order valence-corrected chi connectivity index (χ2v) is 8.86.